The monoisotopic (exact) mass is 297 g/mol. The maximum absolute atomic E-state index is 12.5. The van der Waals surface area contributed by atoms with Gasteiger partial charge in [-0.05, 0) is 37.6 Å². The zero-order valence-corrected chi connectivity index (χ0v) is 12.0. The Bertz CT molecular complexity index is 584. The number of rotatable bonds is 3. The first kappa shape index (κ1) is 13.7. The summed E-state index contributed by atoms with van der Waals surface area (Å²) in [6, 6.07) is 6.38. The average Bonchev–Trinajstić information content (AvgIpc) is 2.99. The summed E-state index contributed by atoms with van der Waals surface area (Å²) in [7, 11) is -3.46. The number of hydrogen-bond acceptors (Lipinski definition) is 4. The second kappa shape index (κ2) is 5.23. The first-order chi connectivity index (χ1) is 9.57. The maximum atomic E-state index is 12.5. The van der Waals surface area contributed by atoms with Crippen LogP contribution in [0.2, 0.25) is 0 Å². The summed E-state index contributed by atoms with van der Waals surface area (Å²) >= 11 is 0. The topological polar surface area (TPSA) is 72.9 Å². The number of phenolic OH excluding ortho intramolecular Hbond substituents is 1. The molecule has 2 saturated heterocycles. The van der Waals surface area contributed by atoms with Crippen LogP contribution < -0.4 is 9.62 Å². The molecule has 1 atom stereocenters. The molecule has 110 valence electrons. The third-order valence-corrected chi connectivity index (χ3v) is 5.83. The van der Waals surface area contributed by atoms with E-state index in [2.05, 4.69) is 5.32 Å². The molecule has 1 aromatic rings. The first-order valence-electron chi connectivity index (χ1n) is 6.85. The second-order valence-electron chi connectivity index (χ2n) is 5.32. The Morgan fingerprint density at radius 1 is 1.35 bits per heavy atom. The number of benzene rings is 1. The van der Waals surface area contributed by atoms with E-state index in [-0.39, 0.29) is 5.75 Å². The second-order valence-corrected chi connectivity index (χ2v) is 7.17. The molecular formula is C13H19N3O3S. The van der Waals surface area contributed by atoms with Gasteiger partial charge in [0.2, 0.25) is 0 Å². The molecule has 0 amide bonds. The molecule has 0 radical (unpaired) electrons. The molecule has 2 N–H and O–H groups in total. The summed E-state index contributed by atoms with van der Waals surface area (Å²) in [5.41, 5.74) is 0.525. The third kappa shape index (κ3) is 2.48. The van der Waals surface area contributed by atoms with Crippen molar-refractivity contribution in [2.45, 2.75) is 6.42 Å². The first-order valence-corrected chi connectivity index (χ1v) is 8.24. The lowest BCUT2D eigenvalue weighted by Gasteiger charge is -2.22. The van der Waals surface area contributed by atoms with Crippen molar-refractivity contribution in [3.8, 4) is 5.75 Å². The van der Waals surface area contributed by atoms with Crippen molar-refractivity contribution < 1.29 is 13.5 Å². The molecule has 6 nitrogen and oxygen atoms in total. The highest BCUT2D eigenvalue weighted by Gasteiger charge is 2.38. The van der Waals surface area contributed by atoms with E-state index in [0.29, 0.717) is 31.2 Å². The average molecular weight is 297 g/mol. The highest BCUT2D eigenvalue weighted by atomic mass is 32.2. The summed E-state index contributed by atoms with van der Waals surface area (Å²) < 4.78 is 28.0. The Kier molecular flexibility index (Phi) is 3.57. The summed E-state index contributed by atoms with van der Waals surface area (Å²) in [4.78, 5) is 0. The standard InChI is InChI=1S/C13H19N3O3S/c17-13-3-1-2-12(8-13)16-7-6-15(20(16,18)19)10-11-4-5-14-9-11/h1-3,8,11,14,17H,4-7,9-10H2. The molecule has 0 spiro atoms. The van der Waals surface area contributed by atoms with E-state index in [9.17, 15) is 13.5 Å². The highest BCUT2D eigenvalue weighted by Crippen LogP contribution is 2.28. The molecule has 0 bridgehead atoms. The van der Waals surface area contributed by atoms with Crippen LogP contribution in [-0.4, -0.2) is 50.6 Å². The molecule has 0 saturated carbocycles. The van der Waals surface area contributed by atoms with Gasteiger partial charge in [-0.1, -0.05) is 6.07 Å². The van der Waals surface area contributed by atoms with Crippen LogP contribution in [0.5, 0.6) is 5.75 Å². The predicted molar refractivity (Wildman–Crippen MR) is 76.9 cm³/mol. The van der Waals surface area contributed by atoms with Gasteiger partial charge in [0.15, 0.2) is 0 Å². The molecule has 2 fully saturated rings. The molecule has 7 heteroatoms. The maximum Gasteiger partial charge on any atom is 0.304 e. The summed E-state index contributed by atoms with van der Waals surface area (Å²) in [6.07, 6.45) is 1.03. The molecule has 2 heterocycles. The quantitative estimate of drug-likeness (QED) is 0.845. The van der Waals surface area contributed by atoms with Gasteiger partial charge in [0.1, 0.15) is 5.75 Å². The predicted octanol–water partition coefficient (Wildman–Crippen LogP) is 0.369. The lowest BCUT2D eigenvalue weighted by Crippen LogP contribution is -2.36. The van der Waals surface area contributed by atoms with Crippen LogP contribution in [0.25, 0.3) is 0 Å². The van der Waals surface area contributed by atoms with Crippen molar-refractivity contribution in [3.63, 3.8) is 0 Å². The van der Waals surface area contributed by atoms with E-state index < -0.39 is 10.2 Å². The zero-order valence-electron chi connectivity index (χ0n) is 11.2. The smallest absolute Gasteiger partial charge is 0.304 e. The number of nitrogens with one attached hydrogen (secondary N) is 1. The zero-order chi connectivity index (χ0) is 14.2. The fourth-order valence-corrected chi connectivity index (χ4v) is 4.51. The Balaban J connectivity index is 1.78. The van der Waals surface area contributed by atoms with Gasteiger partial charge in [0.25, 0.3) is 0 Å². The van der Waals surface area contributed by atoms with Gasteiger partial charge in [-0.15, -0.1) is 0 Å². The van der Waals surface area contributed by atoms with E-state index >= 15 is 0 Å². The van der Waals surface area contributed by atoms with Crippen LogP contribution in [0.4, 0.5) is 5.69 Å². The van der Waals surface area contributed by atoms with Crippen molar-refractivity contribution in [2.24, 2.45) is 5.92 Å². The van der Waals surface area contributed by atoms with E-state index in [1.807, 2.05) is 0 Å². The van der Waals surface area contributed by atoms with Crippen molar-refractivity contribution in [1.82, 2.24) is 9.62 Å². The number of anilines is 1. The minimum Gasteiger partial charge on any atom is -0.508 e. The summed E-state index contributed by atoms with van der Waals surface area (Å²) in [6.45, 7) is 3.37. The number of nitrogens with zero attached hydrogens (tertiary/aromatic N) is 2. The van der Waals surface area contributed by atoms with Crippen molar-refractivity contribution in [3.05, 3.63) is 24.3 Å². The Labute approximate surface area is 119 Å². The van der Waals surface area contributed by atoms with E-state index in [1.54, 1.807) is 16.4 Å². The fraction of sp³-hybridized carbons (Fsp3) is 0.538. The van der Waals surface area contributed by atoms with Crippen molar-refractivity contribution in [2.75, 3.05) is 37.0 Å². The fourth-order valence-electron chi connectivity index (χ4n) is 2.83. The molecule has 1 aromatic carbocycles. The molecule has 3 rings (SSSR count). The lowest BCUT2D eigenvalue weighted by molar-refractivity contribution is 0.381. The van der Waals surface area contributed by atoms with Gasteiger partial charge in [0, 0.05) is 25.7 Å². The van der Waals surface area contributed by atoms with Crippen LogP contribution >= 0.6 is 0 Å². The molecule has 2 aliphatic rings. The minimum absolute atomic E-state index is 0.0798. The Morgan fingerprint density at radius 2 is 2.20 bits per heavy atom. The van der Waals surface area contributed by atoms with Crippen LogP contribution in [0.15, 0.2) is 24.3 Å². The van der Waals surface area contributed by atoms with Crippen LogP contribution in [0, 0.1) is 5.92 Å². The summed E-state index contributed by atoms with van der Waals surface area (Å²) in [5, 5.41) is 12.8. The van der Waals surface area contributed by atoms with Crippen molar-refractivity contribution in [1.29, 1.82) is 0 Å². The molecular weight excluding hydrogens is 278 g/mol. The van der Waals surface area contributed by atoms with Crippen LogP contribution in [0.3, 0.4) is 0 Å². The van der Waals surface area contributed by atoms with Gasteiger partial charge in [-0.25, -0.2) is 0 Å². The number of phenols is 1. The van der Waals surface area contributed by atoms with Gasteiger partial charge in [0.05, 0.1) is 5.69 Å². The molecule has 2 aliphatic heterocycles. The molecule has 1 unspecified atom stereocenters. The summed E-state index contributed by atoms with van der Waals surface area (Å²) in [5.74, 6) is 0.477. The van der Waals surface area contributed by atoms with E-state index in [1.165, 1.54) is 16.4 Å². The van der Waals surface area contributed by atoms with Gasteiger partial charge in [-0.2, -0.15) is 12.7 Å². The van der Waals surface area contributed by atoms with Crippen LogP contribution in [-0.2, 0) is 10.2 Å². The Morgan fingerprint density at radius 3 is 2.90 bits per heavy atom. The minimum atomic E-state index is -3.46. The van der Waals surface area contributed by atoms with Crippen molar-refractivity contribution >= 4 is 15.9 Å². The third-order valence-electron chi connectivity index (χ3n) is 3.90. The van der Waals surface area contributed by atoms with Gasteiger partial charge in [-0.3, -0.25) is 4.31 Å². The largest absolute Gasteiger partial charge is 0.508 e. The molecule has 0 aromatic heterocycles. The Hall–Kier alpha value is -1.31. The SMILES string of the molecule is O=S1(=O)N(CC2CCNC2)CCN1c1cccc(O)c1. The number of aromatic hydroxyl groups is 1. The highest BCUT2D eigenvalue weighted by molar-refractivity contribution is 7.90. The molecule has 20 heavy (non-hydrogen) atoms. The number of hydrogen-bond donors (Lipinski definition) is 2. The van der Waals surface area contributed by atoms with Gasteiger partial charge >= 0.3 is 10.2 Å². The van der Waals surface area contributed by atoms with E-state index in [0.717, 1.165) is 19.5 Å². The molecule has 0 aliphatic carbocycles. The normalized spacial score (nSPS) is 26.2. The van der Waals surface area contributed by atoms with E-state index in [4.69, 9.17) is 0 Å². The lowest BCUT2D eigenvalue weighted by atomic mass is 10.1. The van der Waals surface area contributed by atoms with Gasteiger partial charge < -0.3 is 10.4 Å². The van der Waals surface area contributed by atoms with Crippen LogP contribution in [0.1, 0.15) is 6.42 Å².